The monoisotopic (exact) mass is 440 g/mol. The molecule has 30 heavy (non-hydrogen) atoms. The summed E-state index contributed by atoms with van der Waals surface area (Å²) < 4.78 is 9.02. The molecule has 3 aromatic rings. The number of allylic oxidation sites excluding steroid dienone is 1. The molecule has 1 unspecified atom stereocenters. The summed E-state index contributed by atoms with van der Waals surface area (Å²) in [6, 6.07) is 6.31. The van der Waals surface area contributed by atoms with Crippen LogP contribution in [0, 0.1) is 0 Å². The van der Waals surface area contributed by atoms with Gasteiger partial charge in [-0.15, -0.1) is 0 Å². The van der Waals surface area contributed by atoms with Crippen molar-refractivity contribution in [3.05, 3.63) is 58.7 Å². The lowest BCUT2D eigenvalue weighted by atomic mass is 9.77. The summed E-state index contributed by atoms with van der Waals surface area (Å²) in [4.78, 5) is 4.70. The number of pyridine rings is 1. The predicted octanol–water partition coefficient (Wildman–Crippen LogP) is 5.91. The first kappa shape index (κ1) is 24.2. The van der Waals surface area contributed by atoms with Gasteiger partial charge in [-0.1, -0.05) is 96.8 Å². The minimum absolute atomic E-state index is 0.175. The smallest absolute Gasteiger partial charge is 0.220 e. The van der Waals surface area contributed by atoms with Gasteiger partial charge in [-0.05, 0) is 23.7 Å². The third-order valence-corrected chi connectivity index (χ3v) is 6.23. The molecule has 5 heteroatoms. The minimum Gasteiger partial charge on any atom is -0.469 e. The quantitative estimate of drug-likeness (QED) is 0.463. The number of hydrogen-bond donors (Lipinski definition) is 0. The van der Waals surface area contributed by atoms with Crippen molar-refractivity contribution in [3.63, 3.8) is 0 Å². The van der Waals surface area contributed by atoms with Gasteiger partial charge in [0.25, 0.3) is 0 Å². The number of aromatic nitrogens is 2. The summed E-state index contributed by atoms with van der Waals surface area (Å²) in [5, 5.41) is 3.08. The predicted molar refractivity (Wildman–Crippen MR) is 138 cm³/mol. The molecule has 4 rings (SSSR count). The zero-order chi connectivity index (χ0) is 22.6. The highest BCUT2D eigenvalue weighted by molar-refractivity contribution is 8.22. The van der Waals surface area contributed by atoms with Crippen LogP contribution in [0.4, 0.5) is 0 Å². The van der Waals surface area contributed by atoms with E-state index in [2.05, 4.69) is 49.6 Å². The molecular formula is C25H32N2OS2. The van der Waals surface area contributed by atoms with Crippen LogP contribution in [0.3, 0.4) is 0 Å². The Balaban J connectivity index is 0.000000757. The second-order valence-corrected chi connectivity index (χ2v) is 8.42. The van der Waals surface area contributed by atoms with E-state index in [0.29, 0.717) is 4.38 Å². The van der Waals surface area contributed by atoms with Gasteiger partial charge < -0.3 is 4.74 Å². The van der Waals surface area contributed by atoms with Gasteiger partial charge in [-0.25, -0.2) is 4.98 Å². The molecule has 1 aliphatic rings. The normalized spacial score (nSPS) is 16.5. The standard InChI is InChI=1S/C21H20N2OS2.2C2H6/c1-6-8-13-12(2)19-22-11-16-21(3,4)18(24-20(25)26-5)15-10-7-9-14(13)17(15)23(16)19;2*1-2/h6-11,18H,1-2H2,3-5H3;2*1-2H3/b13-8+;;. The maximum absolute atomic E-state index is 6.24. The van der Waals surface area contributed by atoms with Crippen molar-refractivity contribution in [1.29, 1.82) is 0 Å². The SMILES string of the molecule is C=C/C=c1\c(=C)c2ncc3n2c2c(cccc12)C(OC(=S)SC)C3(C)C.CC.CC. The van der Waals surface area contributed by atoms with Crippen LogP contribution in [0.1, 0.15) is 58.9 Å². The van der Waals surface area contributed by atoms with Crippen molar-refractivity contribution in [1.82, 2.24) is 9.38 Å². The highest BCUT2D eigenvalue weighted by Crippen LogP contribution is 2.46. The van der Waals surface area contributed by atoms with Gasteiger partial charge >= 0.3 is 0 Å². The van der Waals surface area contributed by atoms with Crippen LogP contribution in [-0.2, 0) is 10.2 Å². The van der Waals surface area contributed by atoms with E-state index in [9.17, 15) is 0 Å². The minimum atomic E-state index is -0.281. The van der Waals surface area contributed by atoms with Gasteiger partial charge in [0.2, 0.25) is 4.38 Å². The van der Waals surface area contributed by atoms with Crippen LogP contribution in [0.25, 0.3) is 29.2 Å². The fourth-order valence-corrected chi connectivity index (χ4v) is 4.24. The number of rotatable bonds is 2. The van der Waals surface area contributed by atoms with E-state index in [1.54, 1.807) is 6.08 Å². The van der Waals surface area contributed by atoms with Crippen LogP contribution in [-0.4, -0.2) is 20.0 Å². The van der Waals surface area contributed by atoms with Gasteiger partial charge in [-0.3, -0.25) is 4.40 Å². The summed E-state index contributed by atoms with van der Waals surface area (Å²) >= 11 is 6.84. The Morgan fingerprint density at radius 1 is 1.27 bits per heavy atom. The third kappa shape index (κ3) is 3.69. The van der Waals surface area contributed by atoms with Crippen molar-refractivity contribution >= 4 is 57.6 Å². The highest BCUT2D eigenvalue weighted by Gasteiger charge is 2.42. The third-order valence-electron chi connectivity index (χ3n) is 5.20. The van der Waals surface area contributed by atoms with Crippen molar-refractivity contribution < 1.29 is 4.74 Å². The van der Waals surface area contributed by atoms with Gasteiger partial charge in [0, 0.05) is 27.8 Å². The van der Waals surface area contributed by atoms with Crippen molar-refractivity contribution in [2.24, 2.45) is 0 Å². The number of benzene rings is 1. The fourth-order valence-electron chi connectivity index (χ4n) is 3.95. The first-order valence-corrected chi connectivity index (χ1v) is 12.0. The Morgan fingerprint density at radius 3 is 2.53 bits per heavy atom. The molecule has 3 nitrogen and oxygen atoms in total. The average molecular weight is 441 g/mol. The first-order valence-electron chi connectivity index (χ1n) is 10.4. The van der Waals surface area contributed by atoms with Gasteiger partial charge in [0.1, 0.15) is 11.8 Å². The number of thioether (sulfide) groups is 1. The zero-order valence-corrected chi connectivity index (χ0v) is 20.7. The van der Waals surface area contributed by atoms with E-state index in [4.69, 9.17) is 21.9 Å². The summed E-state index contributed by atoms with van der Waals surface area (Å²) in [6.07, 6.45) is 7.50. The van der Waals surface area contributed by atoms with Crippen molar-refractivity contribution in [3.8, 4) is 0 Å². The topological polar surface area (TPSA) is 26.5 Å². The molecule has 0 saturated heterocycles. The molecular weight excluding hydrogens is 408 g/mol. The fraction of sp³-hybridized carbons (Fsp3) is 0.360. The van der Waals surface area contributed by atoms with Crippen molar-refractivity contribution in [2.45, 2.75) is 53.1 Å². The van der Waals surface area contributed by atoms with Crippen LogP contribution < -0.4 is 10.4 Å². The molecule has 2 aromatic heterocycles. The van der Waals surface area contributed by atoms with Gasteiger partial charge in [0.05, 0.1) is 11.2 Å². The summed E-state index contributed by atoms with van der Waals surface area (Å²) in [5.74, 6) is 0. The maximum Gasteiger partial charge on any atom is 0.220 e. The molecule has 0 radical (unpaired) electrons. The van der Waals surface area contributed by atoms with Crippen molar-refractivity contribution in [2.75, 3.05) is 6.26 Å². The summed E-state index contributed by atoms with van der Waals surface area (Å²) in [6.45, 7) is 20.5. The first-order chi connectivity index (χ1) is 14.4. The molecule has 0 spiro atoms. The van der Waals surface area contributed by atoms with Gasteiger partial charge in [-0.2, -0.15) is 0 Å². The number of ether oxygens (including phenoxy) is 1. The molecule has 0 N–H and O–H groups in total. The van der Waals surface area contributed by atoms with E-state index in [-0.39, 0.29) is 11.5 Å². The molecule has 1 atom stereocenters. The number of para-hydroxylation sites is 1. The Labute approximate surface area is 189 Å². The number of nitrogens with zero attached hydrogens (tertiary/aromatic N) is 2. The number of hydrogen-bond acceptors (Lipinski definition) is 4. The Hall–Kier alpha value is -2.11. The second kappa shape index (κ2) is 9.80. The zero-order valence-electron chi connectivity index (χ0n) is 19.1. The van der Waals surface area contributed by atoms with Crippen LogP contribution in [0.2, 0.25) is 0 Å². The highest BCUT2D eigenvalue weighted by atomic mass is 32.2. The Morgan fingerprint density at radius 2 is 1.93 bits per heavy atom. The van der Waals surface area contributed by atoms with Crippen LogP contribution in [0.15, 0.2) is 37.1 Å². The summed E-state index contributed by atoms with van der Waals surface area (Å²) in [5.41, 5.74) is 3.95. The lowest BCUT2D eigenvalue weighted by Gasteiger charge is -2.38. The lowest BCUT2D eigenvalue weighted by molar-refractivity contribution is 0.118. The van der Waals surface area contributed by atoms with E-state index >= 15 is 0 Å². The molecule has 0 fully saturated rings. The molecule has 1 aliphatic heterocycles. The second-order valence-electron chi connectivity index (χ2n) is 7.01. The lowest BCUT2D eigenvalue weighted by Crippen LogP contribution is -2.37. The largest absolute Gasteiger partial charge is 0.469 e. The molecule has 160 valence electrons. The molecule has 0 saturated carbocycles. The van der Waals surface area contributed by atoms with E-state index in [1.165, 1.54) is 11.8 Å². The number of imidazole rings is 1. The van der Waals surface area contributed by atoms with E-state index < -0.39 is 0 Å². The number of thiocarbonyl (C=S) groups is 1. The summed E-state index contributed by atoms with van der Waals surface area (Å²) in [7, 11) is 0. The molecule has 0 bridgehead atoms. The average Bonchev–Trinajstić information content (AvgIpc) is 3.23. The van der Waals surface area contributed by atoms with Crippen LogP contribution >= 0.6 is 24.0 Å². The Bertz CT molecular complexity index is 1190. The van der Waals surface area contributed by atoms with E-state index in [0.717, 1.165) is 38.2 Å². The molecule has 0 aliphatic carbocycles. The molecule has 3 heterocycles. The van der Waals surface area contributed by atoms with Crippen LogP contribution in [0.5, 0.6) is 0 Å². The molecule has 1 aromatic carbocycles. The van der Waals surface area contributed by atoms with E-state index in [1.807, 2.05) is 46.2 Å². The Kier molecular flexibility index (Phi) is 7.89. The van der Waals surface area contributed by atoms with Gasteiger partial charge in [0.15, 0.2) is 0 Å². The maximum atomic E-state index is 6.24. The molecule has 0 amide bonds.